The number of benzene rings is 1. The number of phenolic OH excluding ortho intramolecular Hbond substituents is 1. The molecule has 0 radical (unpaired) electrons. The van der Waals surface area contributed by atoms with Crippen molar-refractivity contribution in [2.75, 3.05) is 0 Å². The predicted molar refractivity (Wildman–Crippen MR) is 45.6 cm³/mol. The van der Waals surface area contributed by atoms with E-state index in [0.29, 0.717) is 5.56 Å². The predicted octanol–water partition coefficient (Wildman–Crippen LogP) is 1.92. The Kier molecular flexibility index (Phi) is 2.58. The third-order valence-corrected chi connectivity index (χ3v) is 1.51. The van der Waals surface area contributed by atoms with Gasteiger partial charge in [-0.15, -0.1) is 0 Å². The van der Waals surface area contributed by atoms with Gasteiger partial charge in [-0.25, -0.2) is 0 Å². The fourth-order valence-corrected chi connectivity index (χ4v) is 0.865. The van der Waals surface area contributed by atoms with Crippen molar-refractivity contribution < 1.29 is 5.11 Å². The molecule has 58 valence electrons. The molecule has 12 heavy (non-hydrogen) atoms. The van der Waals surface area contributed by atoms with Gasteiger partial charge in [0.1, 0.15) is 5.75 Å². The van der Waals surface area contributed by atoms with E-state index in [1.54, 1.807) is 12.1 Å². The van der Waals surface area contributed by atoms with Crippen LogP contribution >= 0.6 is 11.6 Å². The molecular formula is C9H4ClNO. The van der Waals surface area contributed by atoms with Crippen molar-refractivity contribution in [1.29, 1.82) is 5.26 Å². The lowest BCUT2D eigenvalue weighted by Gasteiger charge is -1.94. The monoisotopic (exact) mass is 177 g/mol. The van der Waals surface area contributed by atoms with E-state index in [1.807, 2.05) is 0 Å². The summed E-state index contributed by atoms with van der Waals surface area (Å²) in [4.78, 5) is 0. The summed E-state index contributed by atoms with van der Waals surface area (Å²) in [6.45, 7) is 0. The maximum absolute atomic E-state index is 9.02. The molecule has 0 aliphatic rings. The molecule has 0 fully saturated rings. The van der Waals surface area contributed by atoms with E-state index in [9.17, 15) is 0 Å². The van der Waals surface area contributed by atoms with Crippen LogP contribution in [0.4, 0.5) is 0 Å². The largest absolute Gasteiger partial charge is 0.506 e. The Labute approximate surface area is 75.0 Å². The van der Waals surface area contributed by atoms with Crippen LogP contribution in [0.15, 0.2) is 18.2 Å². The second kappa shape index (κ2) is 3.67. The Morgan fingerprint density at radius 3 is 2.75 bits per heavy atom. The van der Waals surface area contributed by atoms with Crippen molar-refractivity contribution in [3.05, 3.63) is 28.8 Å². The van der Waals surface area contributed by atoms with Gasteiger partial charge in [0, 0.05) is 11.5 Å². The Morgan fingerprint density at radius 2 is 2.17 bits per heavy atom. The van der Waals surface area contributed by atoms with Crippen molar-refractivity contribution in [2.45, 2.75) is 0 Å². The summed E-state index contributed by atoms with van der Waals surface area (Å²) in [6.07, 6.45) is 0. The number of hydrogen-bond donors (Lipinski definition) is 1. The van der Waals surface area contributed by atoms with E-state index >= 15 is 0 Å². The van der Waals surface area contributed by atoms with Gasteiger partial charge in [0.25, 0.3) is 0 Å². The van der Waals surface area contributed by atoms with Crippen molar-refractivity contribution >= 4 is 11.6 Å². The second-order valence-electron chi connectivity index (χ2n) is 2.03. The first kappa shape index (κ1) is 8.46. The molecule has 2 nitrogen and oxygen atoms in total. The molecule has 0 amide bonds. The molecule has 1 aromatic rings. The normalized spacial score (nSPS) is 8.00. The average Bonchev–Trinajstić information content (AvgIpc) is 2.07. The van der Waals surface area contributed by atoms with Crippen LogP contribution in [0, 0.1) is 23.2 Å². The second-order valence-corrected chi connectivity index (χ2v) is 2.44. The molecule has 1 aromatic carbocycles. The molecule has 0 atom stereocenters. The molecule has 0 heterocycles. The highest BCUT2D eigenvalue weighted by Crippen LogP contribution is 2.22. The Balaban J connectivity index is 3.07. The topological polar surface area (TPSA) is 44.0 Å². The standard InChI is InChI=1S/C9H4ClNO/c10-8-6-7(2-1-5-11)3-4-9(8)12/h3-4,6,12H. The number of aromatic hydroxyl groups is 1. The van der Waals surface area contributed by atoms with Gasteiger partial charge in [0.2, 0.25) is 0 Å². The zero-order valence-corrected chi connectivity index (χ0v) is 6.76. The first-order valence-corrected chi connectivity index (χ1v) is 3.50. The van der Waals surface area contributed by atoms with Crippen molar-refractivity contribution in [3.8, 4) is 23.7 Å². The third-order valence-electron chi connectivity index (χ3n) is 1.21. The van der Waals surface area contributed by atoms with Crippen LogP contribution in [-0.4, -0.2) is 5.11 Å². The first-order chi connectivity index (χ1) is 5.74. The molecule has 0 spiro atoms. The van der Waals surface area contributed by atoms with Gasteiger partial charge < -0.3 is 5.11 Å². The van der Waals surface area contributed by atoms with Gasteiger partial charge in [-0.2, -0.15) is 5.26 Å². The lowest BCUT2D eigenvalue weighted by atomic mass is 10.2. The minimum atomic E-state index is 0.0131. The molecule has 0 aromatic heterocycles. The average molecular weight is 178 g/mol. The van der Waals surface area contributed by atoms with E-state index in [1.165, 1.54) is 12.1 Å². The number of nitriles is 1. The number of halogens is 1. The highest BCUT2D eigenvalue weighted by molar-refractivity contribution is 6.32. The molecular weight excluding hydrogens is 174 g/mol. The van der Waals surface area contributed by atoms with E-state index in [-0.39, 0.29) is 10.8 Å². The van der Waals surface area contributed by atoms with Gasteiger partial charge in [-0.1, -0.05) is 17.5 Å². The quantitative estimate of drug-likeness (QED) is 0.616. The highest BCUT2D eigenvalue weighted by Gasteiger charge is 1.96. The number of phenols is 1. The third kappa shape index (κ3) is 1.92. The molecule has 0 bridgehead atoms. The molecule has 1 N–H and O–H groups in total. The van der Waals surface area contributed by atoms with Gasteiger partial charge in [0.15, 0.2) is 6.07 Å². The van der Waals surface area contributed by atoms with Crippen LogP contribution < -0.4 is 0 Å². The first-order valence-electron chi connectivity index (χ1n) is 3.12. The summed E-state index contributed by atoms with van der Waals surface area (Å²) >= 11 is 5.59. The van der Waals surface area contributed by atoms with Crippen LogP contribution in [0.3, 0.4) is 0 Å². The molecule has 0 unspecified atom stereocenters. The molecule has 0 saturated carbocycles. The minimum Gasteiger partial charge on any atom is -0.506 e. The number of rotatable bonds is 0. The smallest absolute Gasteiger partial charge is 0.152 e. The Bertz CT molecular complexity index is 395. The van der Waals surface area contributed by atoms with Crippen LogP contribution in [0.25, 0.3) is 0 Å². The van der Waals surface area contributed by atoms with E-state index in [2.05, 4.69) is 11.8 Å². The van der Waals surface area contributed by atoms with E-state index < -0.39 is 0 Å². The molecule has 0 aliphatic heterocycles. The van der Waals surface area contributed by atoms with Crippen LogP contribution in [0.1, 0.15) is 5.56 Å². The summed E-state index contributed by atoms with van der Waals surface area (Å²) in [7, 11) is 0. The Hall–Kier alpha value is -1.64. The lowest BCUT2D eigenvalue weighted by molar-refractivity contribution is 0.475. The van der Waals surface area contributed by atoms with Crippen LogP contribution in [0.5, 0.6) is 5.75 Å². The Morgan fingerprint density at radius 1 is 1.42 bits per heavy atom. The van der Waals surface area contributed by atoms with Crippen LogP contribution in [-0.2, 0) is 0 Å². The SMILES string of the molecule is N#CC#Cc1ccc(O)c(Cl)c1. The molecule has 1 rings (SSSR count). The van der Waals surface area contributed by atoms with E-state index in [4.69, 9.17) is 22.0 Å². The summed E-state index contributed by atoms with van der Waals surface area (Å²) in [5, 5.41) is 17.4. The van der Waals surface area contributed by atoms with Crippen molar-refractivity contribution in [3.63, 3.8) is 0 Å². The van der Waals surface area contributed by atoms with E-state index in [0.717, 1.165) is 0 Å². The van der Waals surface area contributed by atoms with Gasteiger partial charge >= 0.3 is 0 Å². The van der Waals surface area contributed by atoms with Crippen molar-refractivity contribution in [2.24, 2.45) is 0 Å². The summed E-state index contributed by atoms with van der Waals surface area (Å²) in [5.41, 5.74) is 0.611. The molecule has 3 heteroatoms. The van der Waals surface area contributed by atoms with Gasteiger partial charge in [0.05, 0.1) is 5.02 Å². The zero-order valence-electron chi connectivity index (χ0n) is 6.00. The fourth-order valence-electron chi connectivity index (χ4n) is 0.685. The minimum absolute atomic E-state index is 0.0131. The summed E-state index contributed by atoms with van der Waals surface area (Å²) in [5.74, 6) is 4.80. The zero-order chi connectivity index (χ0) is 8.97. The maximum atomic E-state index is 9.02. The highest BCUT2D eigenvalue weighted by atomic mass is 35.5. The number of nitrogens with zero attached hydrogens (tertiary/aromatic N) is 1. The fraction of sp³-hybridized carbons (Fsp3) is 0. The summed E-state index contributed by atoms with van der Waals surface area (Å²) < 4.78 is 0. The van der Waals surface area contributed by atoms with Crippen molar-refractivity contribution in [1.82, 2.24) is 0 Å². The van der Waals surface area contributed by atoms with Gasteiger partial charge in [-0.3, -0.25) is 0 Å². The molecule has 0 saturated heterocycles. The maximum Gasteiger partial charge on any atom is 0.152 e. The number of hydrogen-bond acceptors (Lipinski definition) is 2. The van der Waals surface area contributed by atoms with Crippen LogP contribution in [0.2, 0.25) is 5.02 Å². The van der Waals surface area contributed by atoms with Gasteiger partial charge in [-0.05, 0) is 18.2 Å². The summed E-state index contributed by atoms with van der Waals surface area (Å²) in [6, 6.07) is 6.21. The lowest BCUT2D eigenvalue weighted by Crippen LogP contribution is -1.74. The molecule has 0 aliphatic carbocycles.